The molecule has 0 spiro atoms. The van der Waals surface area contributed by atoms with E-state index in [1.165, 1.54) is 24.4 Å². The fourth-order valence-electron chi connectivity index (χ4n) is 4.15. The molecule has 0 unspecified atom stereocenters. The summed E-state index contributed by atoms with van der Waals surface area (Å²) in [6.07, 6.45) is -2.68. The SMILES string of the molecule is CCOC(=O)Cc1ccc(F)cc1OCc1cc(-c2ccnc(CN[S@@](=O)C(C)(C)C)c2)c2occ(C(F)(F)F)c2c1. The van der Waals surface area contributed by atoms with E-state index in [1.807, 2.05) is 20.8 Å². The fraction of sp³-hybridized carbons (Fsp3) is 0.333. The third-order valence-electron chi connectivity index (χ3n) is 6.17. The van der Waals surface area contributed by atoms with Gasteiger partial charge in [-0.1, -0.05) is 6.07 Å². The molecule has 0 saturated carbocycles. The topological polar surface area (TPSA) is 90.7 Å². The number of pyridine rings is 1. The minimum Gasteiger partial charge on any atom is -0.488 e. The van der Waals surface area contributed by atoms with Crippen molar-refractivity contribution in [3.05, 3.63) is 83.1 Å². The molecule has 2 aromatic heterocycles. The zero-order valence-corrected chi connectivity index (χ0v) is 24.2. The monoisotopic (exact) mass is 606 g/mol. The Hall–Kier alpha value is -3.77. The van der Waals surface area contributed by atoms with E-state index in [1.54, 1.807) is 25.1 Å². The maximum absolute atomic E-state index is 14.0. The minimum atomic E-state index is -4.68. The summed E-state index contributed by atoms with van der Waals surface area (Å²) in [7, 11) is -1.36. The van der Waals surface area contributed by atoms with Crippen molar-refractivity contribution in [3.63, 3.8) is 0 Å². The van der Waals surface area contributed by atoms with Crippen molar-refractivity contribution < 1.29 is 40.5 Å². The van der Waals surface area contributed by atoms with E-state index in [0.29, 0.717) is 34.2 Å². The highest BCUT2D eigenvalue weighted by molar-refractivity contribution is 7.84. The normalized spacial score (nSPS) is 12.9. The van der Waals surface area contributed by atoms with Gasteiger partial charge in [0.2, 0.25) is 0 Å². The van der Waals surface area contributed by atoms with Crippen LogP contribution in [0.4, 0.5) is 17.6 Å². The average molecular weight is 607 g/mol. The first kappa shape index (κ1) is 31.2. The number of carbonyl (C=O) groups is 1. The molecule has 1 N–H and O–H groups in total. The summed E-state index contributed by atoms with van der Waals surface area (Å²) < 4.78 is 86.7. The van der Waals surface area contributed by atoms with Crippen molar-refractivity contribution in [1.82, 2.24) is 9.71 Å². The predicted octanol–water partition coefficient (Wildman–Crippen LogP) is 6.89. The third kappa shape index (κ3) is 7.54. The van der Waals surface area contributed by atoms with Crippen LogP contribution in [0.25, 0.3) is 22.1 Å². The Kier molecular flexibility index (Phi) is 9.37. The van der Waals surface area contributed by atoms with Gasteiger partial charge in [-0.25, -0.2) is 13.3 Å². The first-order valence-corrected chi connectivity index (χ1v) is 14.2. The van der Waals surface area contributed by atoms with Crippen LogP contribution in [0.1, 0.15) is 50.1 Å². The van der Waals surface area contributed by atoms with Crippen LogP contribution in [0.5, 0.6) is 5.75 Å². The smallest absolute Gasteiger partial charge is 0.420 e. The Labute approximate surface area is 242 Å². The summed E-state index contributed by atoms with van der Waals surface area (Å²) in [4.78, 5) is 16.3. The number of ether oxygens (including phenoxy) is 2. The quantitative estimate of drug-likeness (QED) is 0.156. The molecule has 1 atom stereocenters. The second kappa shape index (κ2) is 12.6. The van der Waals surface area contributed by atoms with Crippen LogP contribution < -0.4 is 9.46 Å². The van der Waals surface area contributed by atoms with Crippen molar-refractivity contribution in [1.29, 1.82) is 0 Å². The number of furan rings is 1. The van der Waals surface area contributed by atoms with E-state index in [9.17, 15) is 26.6 Å². The summed E-state index contributed by atoms with van der Waals surface area (Å²) in [6.45, 7) is 7.24. The van der Waals surface area contributed by atoms with Gasteiger partial charge in [0.25, 0.3) is 0 Å². The van der Waals surface area contributed by atoms with Gasteiger partial charge in [0, 0.05) is 28.8 Å². The summed E-state index contributed by atoms with van der Waals surface area (Å²) in [5, 5.41) is -0.171. The summed E-state index contributed by atoms with van der Waals surface area (Å²) in [5.74, 6) is -1.06. The van der Waals surface area contributed by atoms with Crippen molar-refractivity contribution in [2.45, 2.75) is 58.2 Å². The van der Waals surface area contributed by atoms with Gasteiger partial charge < -0.3 is 13.9 Å². The first-order chi connectivity index (χ1) is 19.8. The minimum absolute atomic E-state index is 0.0169. The standard InChI is InChI=1S/C30H30F4N2O5S/c1-5-39-27(37)13-20-6-7-21(31)14-26(20)40-16-18-10-23(28-24(11-18)25(17-41-28)30(32,33)34)19-8-9-35-22(12-19)15-36-42(38)29(2,3)4/h6-12,14,17,36H,5,13,15-16H2,1-4H3/t42-/m0/s1. The lowest BCUT2D eigenvalue weighted by atomic mass is 9.99. The Balaban J connectivity index is 1.71. The van der Waals surface area contributed by atoms with Crippen LogP contribution in [-0.2, 0) is 46.3 Å². The number of esters is 1. The van der Waals surface area contributed by atoms with Crippen LogP contribution in [0.15, 0.2) is 59.3 Å². The molecule has 4 rings (SSSR count). The van der Waals surface area contributed by atoms with Gasteiger partial charge in [0.15, 0.2) is 0 Å². The number of alkyl halides is 3. The summed E-state index contributed by atoms with van der Waals surface area (Å²) in [5.41, 5.74) is 1.18. The number of rotatable bonds is 10. The van der Waals surface area contributed by atoms with Gasteiger partial charge in [-0.3, -0.25) is 9.78 Å². The molecule has 0 fully saturated rings. The number of aromatic nitrogens is 1. The van der Waals surface area contributed by atoms with Gasteiger partial charge in [0.05, 0.1) is 41.0 Å². The molecular formula is C30H30F4N2O5S. The van der Waals surface area contributed by atoms with Crippen molar-refractivity contribution in [2.75, 3.05) is 6.61 Å². The lowest BCUT2D eigenvalue weighted by Gasteiger charge is -2.18. The third-order valence-corrected chi connectivity index (χ3v) is 7.69. The molecule has 2 heterocycles. The van der Waals surface area contributed by atoms with Crippen LogP contribution >= 0.6 is 0 Å². The van der Waals surface area contributed by atoms with Gasteiger partial charge in [-0.2, -0.15) is 13.2 Å². The molecule has 0 amide bonds. The highest BCUT2D eigenvalue weighted by Crippen LogP contribution is 2.40. The fourth-order valence-corrected chi connectivity index (χ4v) is 4.86. The first-order valence-electron chi connectivity index (χ1n) is 13.0. The maximum atomic E-state index is 14.0. The van der Waals surface area contributed by atoms with E-state index in [-0.39, 0.29) is 42.9 Å². The molecule has 0 aliphatic heterocycles. The van der Waals surface area contributed by atoms with E-state index in [0.717, 1.165) is 6.07 Å². The molecule has 0 saturated heterocycles. The number of fused-ring (bicyclic) bond motifs is 1. The molecule has 0 radical (unpaired) electrons. The van der Waals surface area contributed by atoms with Gasteiger partial charge in [-0.05, 0) is 69.2 Å². The number of nitrogens with one attached hydrogen (secondary N) is 1. The van der Waals surface area contributed by atoms with E-state index >= 15 is 0 Å². The largest absolute Gasteiger partial charge is 0.488 e. The molecule has 0 bridgehead atoms. The van der Waals surface area contributed by atoms with Crippen LogP contribution in [0.2, 0.25) is 0 Å². The maximum Gasteiger partial charge on any atom is 0.420 e. The Morgan fingerprint density at radius 3 is 2.55 bits per heavy atom. The molecule has 224 valence electrons. The van der Waals surface area contributed by atoms with E-state index in [4.69, 9.17) is 13.9 Å². The Morgan fingerprint density at radius 2 is 1.86 bits per heavy atom. The Bertz CT molecular complexity index is 1610. The van der Waals surface area contributed by atoms with Crippen LogP contribution in [-0.4, -0.2) is 26.5 Å². The summed E-state index contributed by atoms with van der Waals surface area (Å²) in [6, 6.07) is 9.92. The highest BCUT2D eigenvalue weighted by Gasteiger charge is 2.35. The van der Waals surface area contributed by atoms with E-state index in [2.05, 4.69) is 9.71 Å². The van der Waals surface area contributed by atoms with Crippen molar-refractivity contribution in [3.8, 4) is 16.9 Å². The Morgan fingerprint density at radius 1 is 1.10 bits per heavy atom. The highest BCUT2D eigenvalue weighted by atomic mass is 32.2. The molecule has 12 heteroatoms. The number of halogens is 4. The summed E-state index contributed by atoms with van der Waals surface area (Å²) >= 11 is 0. The van der Waals surface area contributed by atoms with Gasteiger partial charge in [0.1, 0.15) is 35.6 Å². The lowest BCUT2D eigenvalue weighted by Crippen LogP contribution is -2.33. The molecule has 7 nitrogen and oxygen atoms in total. The molecule has 4 aromatic rings. The predicted molar refractivity (Wildman–Crippen MR) is 150 cm³/mol. The van der Waals surface area contributed by atoms with Crippen molar-refractivity contribution in [2.24, 2.45) is 0 Å². The second-order valence-corrected chi connectivity index (χ2v) is 12.5. The molecule has 0 aliphatic carbocycles. The zero-order valence-electron chi connectivity index (χ0n) is 23.4. The second-order valence-electron chi connectivity index (χ2n) is 10.4. The van der Waals surface area contributed by atoms with Crippen molar-refractivity contribution >= 4 is 27.9 Å². The number of hydrogen-bond acceptors (Lipinski definition) is 6. The van der Waals surface area contributed by atoms with E-state index < -0.39 is 39.3 Å². The molecule has 42 heavy (non-hydrogen) atoms. The average Bonchev–Trinajstić information content (AvgIpc) is 3.36. The van der Waals surface area contributed by atoms with Crippen LogP contribution in [0, 0.1) is 5.82 Å². The number of nitrogens with zero attached hydrogens (tertiary/aromatic N) is 1. The number of benzene rings is 2. The zero-order chi connectivity index (χ0) is 30.7. The number of hydrogen-bond donors (Lipinski definition) is 1. The number of carbonyl (C=O) groups excluding carboxylic acids is 1. The van der Waals surface area contributed by atoms with Gasteiger partial charge in [-0.15, -0.1) is 0 Å². The molecule has 0 aliphatic rings. The molecular weight excluding hydrogens is 576 g/mol. The lowest BCUT2D eigenvalue weighted by molar-refractivity contribution is -0.142. The molecule has 2 aromatic carbocycles. The van der Waals surface area contributed by atoms with Gasteiger partial charge >= 0.3 is 12.1 Å². The van der Waals surface area contributed by atoms with Crippen LogP contribution in [0.3, 0.4) is 0 Å².